The van der Waals surface area contributed by atoms with Gasteiger partial charge in [-0.25, -0.2) is 14.6 Å². The van der Waals surface area contributed by atoms with Gasteiger partial charge in [-0.15, -0.1) is 0 Å². The Morgan fingerprint density at radius 3 is 2.73 bits per heavy atom. The van der Waals surface area contributed by atoms with Crippen LogP contribution in [-0.4, -0.2) is 25.7 Å². The largest absolute Gasteiger partial charge is 0.345 e. The predicted octanol–water partition coefficient (Wildman–Crippen LogP) is 2.15. The molecule has 0 aliphatic carbocycles. The third kappa shape index (κ3) is 2.85. The minimum absolute atomic E-state index is 0.0995. The Labute approximate surface area is 127 Å². The highest BCUT2D eigenvalue weighted by Gasteiger charge is 2.16. The van der Waals surface area contributed by atoms with Crippen molar-refractivity contribution in [2.24, 2.45) is 0 Å². The number of benzene rings is 1. The van der Waals surface area contributed by atoms with E-state index in [4.69, 9.17) is 0 Å². The molecule has 0 aliphatic heterocycles. The molecule has 6 nitrogen and oxygen atoms in total. The lowest BCUT2D eigenvalue weighted by Crippen LogP contribution is -2.28. The Morgan fingerprint density at radius 2 is 2.00 bits per heavy atom. The van der Waals surface area contributed by atoms with Crippen LogP contribution in [-0.2, 0) is 0 Å². The summed E-state index contributed by atoms with van der Waals surface area (Å²) in [6, 6.07) is 13.1. The van der Waals surface area contributed by atoms with E-state index in [1.54, 1.807) is 18.3 Å². The molecule has 0 spiro atoms. The molecular formula is C16H15N5O. The predicted molar refractivity (Wildman–Crippen MR) is 81.5 cm³/mol. The first-order valence-corrected chi connectivity index (χ1v) is 6.91. The van der Waals surface area contributed by atoms with Crippen molar-refractivity contribution >= 4 is 5.91 Å². The number of nitrogens with zero attached hydrogens (tertiary/aromatic N) is 4. The molecule has 1 amide bonds. The minimum Gasteiger partial charge on any atom is -0.345 e. The second-order valence-corrected chi connectivity index (χ2v) is 4.82. The zero-order valence-corrected chi connectivity index (χ0v) is 12.0. The molecule has 0 saturated carbocycles. The number of hydrogen-bond acceptors (Lipinski definition) is 4. The summed E-state index contributed by atoms with van der Waals surface area (Å²) in [5.41, 5.74) is 1.50. The van der Waals surface area contributed by atoms with E-state index in [9.17, 15) is 4.79 Å². The molecule has 3 rings (SSSR count). The summed E-state index contributed by atoms with van der Waals surface area (Å²) < 4.78 is 1.47. The third-order valence-corrected chi connectivity index (χ3v) is 3.31. The normalized spacial score (nSPS) is 11.9. The van der Waals surface area contributed by atoms with Crippen LogP contribution in [0.1, 0.15) is 28.9 Å². The summed E-state index contributed by atoms with van der Waals surface area (Å²) in [5.74, 6) is 0.257. The van der Waals surface area contributed by atoms with Crippen LogP contribution < -0.4 is 5.32 Å². The van der Waals surface area contributed by atoms with E-state index in [0.29, 0.717) is 11.4 Å². The van der Waals surface area contributed by atoms with Gasteiger partial charge in [0.25, 0.3) is 5.91 Å². The Hall–Kier alpha value is -3.02. The molecule has 0 bridgehead atoms. The second kappa shape index (κ2) is 6.17. The number of pyridine rings is 1. The molecule has 110 valence electrons. The maximum Gasteiger partial charge on any atom is 0.255 e. The molecule has 6 heteroatoms. The van der Waals surface area contributed by atoms with E-state index >= 15 is 0 Å². The van der Waals surface area contributed by atoms with Gasteiger partial charge in [0.1, 0.15) is 12.7 Å². The fourth-order valence-corrected chi connectivity index (χ4v) is 2.17. The van der Waals surface area contributed by atoms with Gasteiger partial charge < -0.3 is 5.32 Å². The van der Waals surface area contributed by atoms with Gasteiger partial charge in [0.2, 0.25) is 0 Å². The maximum absolute atomic E-state index is 12.5. The van der Waals surface area contributed by atoms with Crippen molar-refractivity contribution in [3.05, 3.63) is 72.4 Å². The zero-order valence-electron chi connectivity index (χ0n) is 12.0. The molecule has 1 N–H and O–H groups in total. The summed E-state index contributed by atoms with van der Waals surface area (Å²) >= 11 is 0. The molecule has 1 aromatic carbocycles. The maximum atomic E-state index is 12.5. The van der Waals surface area contributed by atoms with Crippen molar-refractivity contribution in [1.82, 2.24) is 25.1 Å². The average molecular weight is 293 g/mol. The van der Waals surface area contributed by atoms with Crippen molar-refractivity contribution in [3.8, 4) is 5.82 Å². The molecular weight excluding hydrogens is 278 g/mol. The van der Waals surface area contributed by atoms with Crippen molar-refractivity contribution in [1.29, 1.82) is 0 Å². The highest BCUT2D eigenvalue weighted by molar-refractivity contribution is 5.97. The highest BCUT2D eigenvalue weighted by Crippen LogP contribution is 2.14. The summed E-state index contributed by atoms with van der Waals surface area (Å²) in [4.78, 5) is 20.6. The molecule has 3 aromatic rings. The van der Waals surface area contributed by atoms with Gasteiger partial charge in [0.05, 0.1) is 11.6 Å². The zero-order chi connectivity index (χ0) is 15.4. The highest BCUT2D eigenvalue weighted by atomic mass is 16.1. The summed E-state index contributed by atoms with van der Waals surface area (Å²) in [7, 11) is 0. The summed E-state index contributed by atoms with van der Waals surface area (Å²) in [5, 5.41) is 7.00. The molecule has 22 heavy (non-hydrogen) atoms. The topological polar surface area (TPSA) is 72.7 Å². The average Bonchev–Trinajstić information content (AvgIpc) is 3.10. The van der Waals surface area contributed by atoms with Gasteiger partial charge in [-0.05, 0) is 24.6 Å². The van der Waals surface area contributed by atoms with Gasteiger partial charge in [-0.1, -0.05) is 30.3 Å². The standard InChI is InChI=1S/C16H15N5O/c1-12(13-6-3-2-4-7-13)20-16(22)14-8-5-9-18-15(14)21-11-17-10-19-21/h2-12H,1H3,(H,20,22)/t12-/m1/s1. The van der Waals surface area contributed by atoms with Crippen LogP contribution in [0.15, 0.2) is 61.3 Å². The number of carbonyl (C=O) groups excluding carboxylic acids is 1. The first kappa shape index (κ1) is 13.9. The molecule has 2 heterocycles. The number of nitrogens with one attached hydrogen (secondary N) is 1. The quantitative estimate of drug-likeness (QED) is 0.800. The number of rotatable bonds is 4. The first-order valence-electron chi connectivity index (χ1n) is 6.91. The van der Waals surface area contributed by atoms with Gasteiger partial charge in [-0.2, -0.15) is 5.10 Å². The van der Waals surface area contributed by atoms with E-state index in [2.05, 4.69) is 20.4 Å². The third-order valence-electron chi connectivity index (χ3n) is 3.31. The van der Waals surface area contributed by atoms with Crippen LogP contribution in [0.4, 0.5) is 0 Å². The smallest absolute Gasteiger partial charge is 0.255 e. The second-order valence-electron chi connectivity index (χ2n) is 4.82. The molecule has 0 radical (unpaired) electrons. The van der Waals surface area contributed by atoms with Gasteiger partial charge in [0.15, 0.2) is 5.82 Å². The van der Waals surface area contributed by atoms with Crippen LogP contribution in [0, 0.1) is 0 Å². The molecule has 1 atom stereocenters. The number of amides is 1. The van der Waals surface area contributed by atoms with E-state index in [1.807, 2.05) is 37.3 Å². The van der Waals surface area contributed by atoms with Gasteiger partial charge >= 0.3 is 0 Å². The van der Waals surface area contributed by atoms with Crippen LogP contribution in [0.3, 0.4) is 0 Å². The lowest BCUT2D eigenvalue weighted by atomic mass is 10.1. The molecule has 0 aliphatic rings. The van der Waals surface area contributed by atoms with Crippen LogP contribution in [0.5, 0.6) is 0 Å². The summed E-state index contributed by atoms with van der Waals surface area (Å²) in [6.45, 7) is 1.94. The fraction of sp³-hybridized carbons (Fsp3) is 0.125. The van der Waals surface area contributed by atoms with Crippen LogP contribution in [0.25, 0.3) is 5.82 Å². The lowest BCUT2D eigenvalue weighted by molar-refractivity contribution is 0.0939. The monoisotopic (exact) mass is 293 g/mol. The summed E-state index contributed by atoms with van der Waals surface area (Å²) in [6.07, 6.45) is 4.54. The SMILES string of the molecule is C[C@@H](NC(=O)c1cccnc1-n1cncn1)c1ccccc1. The Bertz CT molecular complexity index is 755. The van der Waals surface area contributed by atoms with E-state index in [1.165, 1.54) is 17.3 Å². The molecule has 0 unspecified atom stereocenters. The van der Waals surface area contributed by atoms with Crippen LogP contribution >= 0.6 is 0 Å². The number of hydrogen-bond donors (Lipinski definition) is 1. The number of aromatic nitrogens is 4. The van der Waals surface area contributed by atoms with Crippen molar-refractivity contribution in [3.63, 3.8) is 0 Å². The van der Waals surface area contributed by atoms with E-state index < -0.39 is 0 Å². The number of carbonyl (C=O) groups is 1. The molecule has 0 fully saturated rings. The first-order chi connectivity index (χ1) is 10.8. The fourth-order valence-electron chi connectivity index (χ4n) is 2.17. The molecule has 0 saturated heterocycles. The van der Waals surface area contributed by atoms with Crippen molar-refractivity contribution in [2.75, 3.05) is 0 Å². The lowest BCUT2D eigenvalue weighted by Gasteiger charge is -2.15. The van der Waals surface area contributed by atoms with Gasteiger partial charge in [-0.3, -0.25) is 4.79 Å². The van der Waals surface area contributed by atoms with Gasteiger partial charge in [0, 0.05) is 6.20 Å². The van der Waals surface area contributed by atoms with Crippen molar-refractivity contribution in [2.45, 2.75) is 13.0 Å². The van der Waals surface area contributed by atoms with Crippen molar-refractivity contribution < 1.29 is 4.79 Å². The molecule has 2 aromatic heterocycles. The minimum atomic E-state index is -0.199. The Morgan fingerprint density at radius 1 is 1.18 bits per heavy atom. The Kier molecular flexibility index (Phi) is 3.91. The Balaban J connectivity index is 1.84. The van der Waals surface area contributed by atoms with Crippen LogP contribution in [0.2, 0.25) is 0 Å². The van der Waals surface area contributed by atoms with E-state index in [0.717, 1.165) is 5.56 Å². The van der Waals surface area contributed by atoms with E-state index in [-0.39, 0.29) is 11.9 Å².